The number of carbonyl (C=O) groups excluding carboxylic acids is 1. The van der Waals surface area contributed by atoms with Gasteiger partial charge in [0.1, 0.15) is 5.82 Å². The van der Waals surface area contributed by atoms with Gasteiger partial charge in [0, 0.05) is 44.1 Å². The van der Waals surface area contributed by atoms with Crippen LogP contribution in [-0.4, -0.2) is 49.6 Å². The van der Waals surface area contributed by atoms with Gasteiger partial charge in [-0.25, -0.2) is 4.39 Å². The number of nitrogens with zero attached hydrogens (tertiary/aromatic N) is 3. The summed E-state index contributed by atoms with van der Waals surface area (Å²) in [4.78, 5) is 19.5. The molecule has 0 radical (unpaired) electrons. The van der Waals surface area contributed by atoms with Crippen molar-refractivity contribution < 1.29 is 9.18 Å². The molecule has 1 atom stereocenters. The smallest absolute Gasteiger partial charge is 0.244 e. The minimum Gasteiger partial charge on any atom is -0.369 e. The Balaban J connectivity index is 1.38. The summed E-state index contributed by atoms with van der Waals surface area (Å²) in [6.45, 7) is 6.15. The van der Waals surface area contributed by atoms with Crippen molar-refractivity contribution in [1.82, 2.24) is 4.90 Å². The molecular weight excluding hydrogens is 329 g/mol. The third kappa shape index (κ3) is 3.19. The van der Waals surface area contributed by atoms with Gasteiger partial charge in [-0.2, -0.15) is 0 Å². The van der Waals surface area contributed by atoms with Gasteiger partial charge in [-0.1, -0.05) is 18.2 Å². The summed E-state index contributed by atoms with van der Waals surface area (Å²) in [6.07, 6.45) is 0.937. The van der Waals surface area contributed by atoms with Crippen LogP contribution < -0.4 is 9.80 Å². The number of halogens is 1. The third-order valence-corrected chi connectivity index (χ3v) is 5.56. The molecule has 1 saturated heterocycles. The van der Waals surface area contributed by atoms with Crippen molar-refractivity contribution in [3.63, 3.8) is 0 Å². The van der Waals surface area contributed by atoms with Crippen LogP contribution >= 0.6 is 0 Å². The fourth-order valence-corrected chi connectivity index (χ4v) is 3.97. The van der Waals surface area contributed by atoms with E-state index in [2.05, 4.69) is 15.9 Å². The zero-order valence-electron chi connectivity index (χ0n) is 15.1. The van der Waals surface area contributed by atoms with Crippen LogP contribution in [0.15, 0.2) is 48.5 Å². The van der Waals surface area contributed by atoms with Gasteiger partial charge in [-0.15, -0.1) is 0 Å². The van der Waals surface area contributed by atoms with Gasteiger partial charge in [0.05, 0.1) is 6.04 Å². The first-order valence-corrected chi connectivity index (χ1v) is 9.27. The number of fused-ring (bicyclic) bond motifs is 1. The first kappa shape index (κ1) is 17.0. The summed E-state index contributed by atoms with van der Waals surface area (Å²) >= 11 is 0. The SMILES string of the molecule is C[C@H](C(=O)N1CCc2ccccc21)N1CCN(c2ccc(F)cc2)CC1. The highest BCUT2D eigenvalue weighted by molar-refractivity contribution is 5.98. The maximum Gasteiger partial charge on any atom is 0.244 e. The van der Waals surface area contributed by atoms with Crippen LogP contribution in [0.3, 0.4) is 0 Å². The van der Waals surface area contributed by atoms with Crippen molar-refractivity contribution in [1.29, 1.82) is 0 Å². The van der Waals surface area contributed by atoms with Crippen LogP contribution in [0.25, 0.3) is 0 Å². The zero-order valence-corrected chi connectivity index (χ0v) is 15.1. The van der Waals surface area contributed by atoms with Crippen LogP contribution in [0.1, 0.15) is 12.5 Å². The van der Waals surface area contributed by atoms with Gasteiger partial charge in [-0.05, 0) is 49.2 Å². The largest absolute Gasteiger partial charge is 0.369 e. The Morgan fingerprint density at radius 1 is 0.962 bits per heavy atom. The van der Waals surface area contributed by atoms with E-state index < -0.39 is 0 Å². The predicted molar refractivity (Wildman–Crippen MR) is 102 cm³/mol. The highest BCUT2D eigenvalue weighted by Gasteiger charge is 2.32. The molecule has 0 spiro atoms. The summed E-state index contributed by atoms with van der Waals surface area (Å²) in [6, 6.07) is 14.7. The van der Waals surface area contributed by atoms with Crippen molar-refractivity contribution in [2.24, 2.45) is 0 Å². The fourth-order valence-electron chi connectivity index (χ4n) is 3.97. The summed E-state index contributed by atoms with van der Waals surface area (Å²) in [7, 11) is 0. The van der Waals surface area contributed by atoms with Crippen molar-refractivity contribution in [3.05, 3.63) is 59.9 Å². The van der Waals surface area contributed by atoms with Crippen LogP contribution in [0, 0.1) is 5.82 Å². The summed E-state index contributed by atoms with van der Waals surface area (Å²) in [5.74, 6) is -0.0253. The van der Waals surface area contributed by atoms with Crippen molar-refractivity contribution >= 4 is 17.3 Å². The number of piperazine rings is 1. The van der Waals surface area contributed by atoms with Gasteiger partial charge < -0.3 is 9.80 Å². The maximum absolute atomic E-state index is 13.1. The lowest BCUT2D eigenvalue weighted by Crippen LogP contribution is -2.54. The quantitative estimate of drug-likeness (QED) is 0.849. The van der Waals surface area contributed by atoms with Crippen LogP contribution in [0.2, 0.25) is 0 Å². The predicted octanol–water partition coefficient (Wildman–Crippen LogP) is 2.93. The van der Waals surface area contributed by atoms with Crippen molar-refractivity contribution in [2.45, 2.75) is 19.4 Å². The fraction of sp³-hybridized carbons (Fsp3) is 0.381. The molecule has 0 aromatic heterocycles. The Morgan fingerprint density at radius 2 is 1.65 bits per heavy atom. The second-order valence-electron chi connectivity index (χ2n) is 7.04. The normalized spacial score (nSPS) is 18.7. The van der Waals surface area contributed by atoms with E-state index in [0.29, 0.717) is 0 Å². The molecule has 4 nitrogen and oxygen atoms in total. The molecule has 136 valence electrons. The van der Waals surface area contributed by atoms with E-state index in [1.807, 2.05) is 42.2 Å². The number of rotatable bonds is 3. The first-order valence-electron chi connectivity index (χ1n) is 9.27. The summed E-state index contributed by atoms with van der Waals surface area (Å²) in [5, 5.41) is 0. The molecule has 0 bridgehead atoms. The van der Waals surface area contributed by atoms with Gasteiger partial charge in [-0.3, -0.25) is 9.69 Å². The van der Waals surface area contributed by atoms with Crippen molar-refractivity contribution in [2.75, 3.05) is 42.5 Å². The third-order valence-electron chi connectivity index (χ3n) is 5.56. The Labute approximate surface area is 153 Å². The number of para-hydroxylation sites is 1. The molecule has 2 heterocycles. The van der Waals surface area contributed by atoms with Crippen LogP contribution in [-0.2, 0) is 11.2 Å². The number of amides is 1. The Hall–Kier alpha value is -2.40. The molecule has 1 fully saturated rings. The average Bonchev–Trinajstić information content (AvgIpc) is 3.12. The molecule has 2 aliphatic heterocycles. The van der Waals surface area contributed by atoms with Gasteiger partial charge in [0.2, 0.25) is 5.91 Å². The van der Waals surface area contributed by atoms with Gasteiger partial charge in [0.25, 0.3) is 0 Å². The van der Waals surface area contributed by atoms with Gasteiger partial charge in [0.15, 0.2) is 0 Å². The molecular formula is C21H24FN3O. The Morgan fingerprint density at radius 3 is 2.38 bits per heavy atom. The van der Waals surface area contributed by atoms with E-state index in [0.717, 1.165) is 50.5 Å². The minimum atomic E-state index is -0.211. The first-order chi connectivity index (χ1) is 12.6. The molecule has 5 heteroatoms. The number of hydrogen-bond acceptors (Lipinski definition) is 3. The standard InChI is InChI=1S/C21H24FN3O/c1-16(21(26)25-11-10-17-4-2-3-5-20(17)25)23-12-14-24(15-13-23)19-8-6-18(22)7-9-19/h2-9,16H,10-15H2,1H3/t16-/m1/s1. The van der Waals surface area contributed by atoms with Crippen LogP contribution in [0.4, 0.5) is 15.8 Å². The zero-order chi connectivity index (χ0) is 18.1. The second kappa shape index (κ2) is 7.08. The van der Waals surface area contributed by atoms with Crippen molar-refractivity contribution in [3.8, 4) is 0 Å². The van der Waals surface area contributed by atoms with E-state index >= 15 is 0 Å². The Bertz CT molecular complexity index is 784. The molecule has 2 aliphatic rings. The maximum atomic E-state index is 13.1. The van der Waals surface area contributed by atoms with E-state index in [1.54, 1.807) is 0 Å². The van der Waals surface area contributed by atoms with E-state index in [1.165, 1.54) is 17.7 Å². The average molecular weight is 353 g/mol. The molecule has 2 aromatic carbocycles. The molecule has 0 aliphatic carbocycles. The summed E-state index contributed by atoms with van der Waals surface area (Å²) < 4.78 is 13.1. The highest BCUT2D eigenvalue weighted by atomic mass is 19.1. The molecule has 4 rings (SSSR count). The highest BCUT2D eigenvalue weighted by Crippen LogP contribution is 2.28. The molecule has 1 amide bonds. The molecule has 2 aromatic rings. The molecule has 26 heavy (non-hydrogen) atoms. The van der Waals surface area contributed by atoms with Crippen LogP contribution in [0.5, 0.6) is 0 Å². The Kier molecular flexibility index (Phi) is 4.64. The lowest BCUT2D eigenvalue weighted by atomic mass is 10.1. The second-order valence-corrected chi connectivity index (χ2v) is 7.04. The number of anilines is 2. The minimum absolute atomic E-state index is 0.128. The lowest BCUT2D eigenvalue weighted by Gasteiger charge is -2.39. The van der Waals surface area contributed by atoms with Gasteiger partial charge >= 0.3 is 0 Å². The number of hydrogen-bond donors (Lipinski definition) is 0. The van der Waals surface area contributed by atoms with E-state index in [-0.39, 0.29) is 17.8 Å². The van der Waals surface area contributed by atoms with E-state index in [9.17, 15) is 9.18 Å². The molecule has 0 unspecified atom stereocenters. The monoisotopic (exact) mass is 353 g/mol. The molecule has 0 N–H and O–H groups in total. The lowest BCUT2D eigenvalue weighted by molar-refractivity contribution is -0.123. The summed E-state index contributed by atoms with van der Waals surface area (Å²) in [5.41, 5.74) is 3.36. The van der Waals surface area contributed by atoms with E-state index in [4.69, 9.17) is 0 Å². The topological polar surface area (TPSA) is 26.8 Å². The number of carbonyl (C=O) groups is 1. The molecule has 0 saturated carbocycles. The number of benzene rings is 2.